The van der Waals surface area contributed by atoms with Gasteiger partial charge in [-0.3, -0.25) is 4.79 Å². The van der Waals surface area contributed by atoms with Crippen molar-refractivity contribution in [2.45, 2.75) is 44.4 Å². The van der Waals surface area contributed by atoms with Gasteiger partial charge >= 0.3 is 6.03 Å². The fourth-order valence-electron chi connectivity index (χ4n) is 4.52. The van der Waals surface area contributed by atoms with Crippen molar-refractivity contribution in [2.75, 3.05) is 5.32 Å². The number of carbonyl (C=O) groups excluding carboxylic acids is 2. The second-order valence-corrected chi connectivity index (χ2v) is 9.77. The van der Waals surface area contributed by atoms with Crippen LogP contribution in [0.5, 0.6) is 5.75 Å². The molecule has 1 aromatic heterocycles. The molecule has 0 bridgehead atoms. The van der Waals surface area contributed by atoms with Crippen LogP contribution >= 0.6 is 11.3 Å². The fourth-order valence-corrected chi connectivity index (χ4v) is 5.21. The Morgan fingerprint density at radius 3 is 2.44 bits per heavy atom. The van der Waals surface area contributed by atoms with Crippen molar-refractivity contribution in [3.8, 4) is 5.75 Å². The zero-order valence-electron chi connectivity index (χ0n) is 19.8. The van der Waals surface area contributed by atoms with E-state index in [0.29, 0.717) is 12.3 Å². The van der Waals surface area contributed by atoms with Crippen LogP contribution in [0.1, 0.15) is 41.2 Å². The van der Waals surface area contributed by atoms with Crippen LogP contribution in [-0.2, 0) is 6.61 Å². The maximum absolute atomic E-state index is 12.9. The zero-order chi connectivity index (χ0) is 24.7. The number of fused-ring (bicyclic) bond motifs is 1. The number of hydrogen-bond donors (Lipinski definition) is 3. The maximum Gasteiger partial charge on any atom is 0.319 e. The first kappa shape index (κ1) is 23.8. The minimum absolute atomic E-state index is 0.155. The molecule has 3 N–H and O–H groups in total. The summed E-state index contributed by atoms with van der Waals surface area (Å²) in [5.74, 6) is 0.530. The summed E-state index contributed by atoms with van der Waals surface area (Å²) in [6, 6.07) is 22.7. The Labute approximate surface area is 213 Å². The molecule has 184 valence electrons. The summed E-state index contributed by atoms with van der Waals surface area (Å²) in [5, 5.41) is 13.7. The Hall–Kier alpha value is -3.91. The number of anilines is 1. The Morgan fingerprint density at radius 1 is 0.889 bits per heavy atom. The molecule has 8 heteroatoms. The summed E-state index contributed by atoms with van der Waals surface area (Å²) in [6.07, 6.45) is 3.62. The van der Waals surface area contributed by atoms with Crippen LogP contribution in [0.25, 0.3) is 10.8 Å². The van der Waals surface area contributed by atoms with Gasteiger partial charge in [-0.25, -0.2) is 9.78 Å². The number of urea groups is 1. The van der Waals surface area contributed by atoms with Gasteiger partial charge in [-0.05, 0) is 36.4 Å². The number of nitrogens with one attached hydrogen (secondary N) is 3. The van der Waals surface area contributed by atoms with Crippen molar-refractivity contribution in [3.05, 3.63) is 88.9 Å². The largest absolute Gasteiger partial charge is 0.486 e. The molecule has 3 amide bonds. The number of ether oxygens (including phenoxy) is 1. The molecule has 1 aliphatic rings. The van der Waals surface area contributed by atoms with Crippen molar-refractivity contribution in [2.24, 2.45) is 0 Å². The van der Waals surface area contributed by atoms with E-state index in [1.807, 2.05) is 72.8 Å². The number of thiazole rings is 1. The summed E-state index contributed by atoms with van der Waals surface area (Å²) in [5.41, 5.74) is 1.13. The van der Waals surface area contributed by atoms with Gasteiger partial charge in [-0.15, -0.1) is 11.3 Å². The standard InChI is InChI=1S/C28H28N4O3S/c33-27(25-18-36-26(29-25)17-35-20-11-2-1-3-12-20)30-23-14-6-7-15-24(23)32-28(34)31-22-16-8-10-19-9-4-5-13-21(19)22/h1-5,8-13,16,18,23-24H,6-7,14-15,17H2,(H,30,33)(H2,31,32,34)/t23-,24+/m1/s1. The topological polar surface area (TPSA) is 92.4 Å². The lowest BCUT2D eigenvalue weighted by molar-refractivity contribution is 0.0911. The van der Waals surface area contributed by atoms with Crippen molar-refractivity contribution < 1.29 is 14.3 Å². The second kappa shape index (κ2) is 11.2. The van der Waals surface area contributed by atoms with Crippen molar-refractivity contribution in [3.63, 3.8) is 0 Å². The third-order valence-corrected chi connectivity index (χ3v) is 7.15. The van der Waals surface area contributed by atoms with Crippen LogP contribution in [0, 0.1) is 0 Å². The molecule has 2 atom stereocenters. The predicted octanol–water partition coefficient (Wildman–Crippen LogP) is 5.74. The predicted molar refractivity (Wildman–Crippen MR) is 143 cm³/mol. The number of hydrogen-bond acceptors (Lipinski definition) is 5. The molecule has 1 fully saturated rings. The number of rotatable bonds is 7. The number of amides is 3. The Balaban J connectivity index is 1.18. The zero-order valence-corrected chi connectivity index (χ0v) is 20.6. The Bertz CT molecular complexity index is 1340. The Kier molecular flexibility index (Phi) is 7.42. The molecule has 0 saturated heterocycles. The molecule has 0 radical (unpaired) electrons. The van der Waals surface area contributed by atoms with Gasteiger partial charge in [0.2, 0.25) is 0 Å². The quantitative estimate of drug-likeness (QED) is 0.302. The first-order valence-corrected chi connectivity index (χ1v) is 13.0. The SMILES string of the molecule is O=C(Nc1cccc2ccccc12)N[C@H]1CCCC[C@H]1NC(=O)c1csc(COc2ccccc2)n1. The summed E-state index contributed by atoms with van der Waals surface area (Å²) in [4.78, 5) is 30.2. The average molecular weight is 501 g/mol. The van der Waals surface area contributed by atoms with Crippen LogP contribution in [0.4, 0.5) is 10.5 Å². The van der Waals surface area contributed by atoms with Gasteiger partial charge in [0.15, 0.2) is 0 Å². The average Bonchev–Trinajstić information content (AvgIpc) is 3.39. The monoisotopic (exact) mass is 500 g/mol. The lowest BCUT2D eigenvalue weighted by Gasteiger charge is -2.32. The molecular weight excluding hydrogens is 472 g/mol. The lowest BCUT2D eigenvalue weighted by Crippen LogP contribution is -2.54. The first-order valence-electron chi connectivity index (χ1n) is 12.1. The van der Waals surface area contributed by atoms with Gasteiger partial charge in [-0.1, -0.05) is 67.4 Å². The van der Waals surface area contributed by atoms with Gasteiger partial charge in [0.25, 0.3) is 5.91 Å². The van der Waals surface area contributed by atoms with E-state index in [0.717, 1.165) is 52.9 Å². The molecule has 4 aromatic rings. The molecule has 0 aliphatic heterocycles. The van der Waals surface area contributed by atoms with Crippen molar-refractivity contribution in [1.82, 2.24) is 15.6 Å². The van der Waals surface area contributed by atoms with E-state index >= 15 is 0 Å². The normalized spacial score (nSPS) is 17.3. The summed E-state index contributed by atoms with van der Waals surface area (Å²) >= 11 is 1.40. The molecule has 0 spiro atoms. The van der Waals surface area contributed by atoms with Crippen LogP contribution < -0.4 is 20.7 Å². The first-order chi connectivity index (χ1) is 17.7. The third kappa shape index (κ3) is 5.83. The van der Waals surface area contributed by atoms with Crippen molar-refractivity contribution in [1.29, 1.82) is 0 Å². The molecule has 3 aromatic carbocycles. The highest BCUT2D eigenvalue weighted by molar-refractivity contribution is 7.09. The van der Waals surface area contributed by atoms with E-state index in [9.17, 15) is 9.59 Å². The van der Waals surface area contributed by atoms with E-state index in [4.69, 9.17) is 4.74 Å². The molecule has 7 nitrogen and oxygen atoms in total. The maximum atomic E-state index is 12.9. The lowest BCUT2D eigenvalue weighted by atomic mass is 9.90. The smallest absolute Gasteiger partial charge is 0.319 e. The molecule has 5 rings (SSSR count). The number of carbonyl (C=O) groups is 2. The van der Waals surface area contributed by atoms with Crippen LogP contribution in [0.3, 0.4) is 0 Å². The number of aromatic nitrogens is 1. The number of nitrogens with zero attached hydrogens (tertiary/aromatic N) is 1. The molecule has 1 heterocycles. The van der Waals surface area contributed by atoms with Crippen molar-refractivity contribution >= 4 is 39.7 Å². The molecule has 36 heavy (non-hydrogen) atoms. The molecule has 1 aliphatic carbocycles. The number of para-hydroxylation sites is 1. The van der Waals surface area contributed by atoms with E-state index in [-0.39, 0.29) is 24.0 Å². The van der Waals surface area contributed by atoms with Gasteiger partial charge in [0.05, 0.1) is 11.7 Å². The molecular formula is C28H28N4O3S. The third-order valence-electron chi connectivity index (χ3n) is 6.33. The van der Waals surface area contributed by atoms with Crippen LogP contribution in [-0.4, -0.2) is 29.0 Å². The highest BCUT2D eigenvalue weighted by atomic mass is 32.1. The highest BCUT2D eigenvalue weighted by Gasteiger charge is 2.29. The van der Waals surface area contributed by atoms with E-state index in [2.05, 4.69) is 20.9 Å². The van der Waals surface area contributed by atoms with E-state index < -0.39 is 0 Å². The van der Waals surface area contributed by atoms with Crippen LogP contribution in [0.2, 0.25) is 0 Å². The van der Waals surface area contributed by atoms with Gasteiger partial charge in [-0.2, -0.15) is 0 Å². The second-order valence-electron chi connectivity index (χ2n) is 8.82. The summed E-state index contributed by atoms with van der Waals surface area (Å²) in [6.45, 7) is 0.309. The fraction of sp³-hybridized carbons (Fsp3) is 0.250. The van der Waals surface area contributed by atoms with Gasteiger partial charge in [0, 0.05) is 16.8 Å². The van der Waals surface area contributed by atoms with E-state index in [1.165, 1.54) is 11.3 Å². The van der Waals surface area contributed by atoms with Crippen LogP contribution in [0.15, 0.2) is 78.2 Å². The minimum Gasteiger partial charge on any atom is -0.486 e. The Morgan fingerprint density at radius 2 is 1.61 bits per heavy atom. The molecule has 0 unspecified atom stereocenters. The number of benzene rings is 3. The highest BCUT2D eigenvalue weighted by Crippen LogP contribution is 2.24. The summed E-state index contributed by atoms with van der Waals surface area (Å²) in [7, 11) is 0. The molecule has 1 saturated carbocycles. The summed E-state index contributed by atoms with van der Waals surface area (Å²) < 4.78 is 5.73. The minimum atomic E-state index is -0.272. The van der Waals surface area contributed by atoms with Gasteiger partial charge in [0.1, 0.15) is 23.1 Å². The van der Waals surface area contributed by atoms with Gasteiger partial charge < -0.3 is 20.7 Å². The van der Waals surface area contributed by atoms with E-state index in [1.54, 1.807) is 5.38 Å².